The molecule has 0 saturated carbocycles. The number of unbranched alkanes of at least 4 members (excludes halogenated alkanes) is 1. The van der Waals surface area contributed by atoms with Crippen molar-refractivity contribution in [1.29, 1.82) is 0 Å². The van der Waals surface area contributed by atoms with E-state index in [1.165, 1.54) is 0 Å². The van der Waals surface area contributed by atoms with Gasteiger partial charge in [-0.15, -0.1) is 0 Å². The first-order valence-electron chi connectivity index (χ1n) is 7.30. The van der Waals surface area contributed by atoms with Gasteiger partial charge in [-0.25, -0.2) is 0 Å². The van der Waals surface area contributed by atoms with Gasteiger partial charge in [0.05, 0.1) is 0 Å². The van der Waals surface area contributed by atoms with Crippen molar-refractivity contribution in [1.82, 2.24) is 0 Å². The number of hydrogen-bond acceptors (Lipinski definition) is 4. The van der Waals surface area contributed by atoms with Crippen LogP contribution >= 0.6 is 0 Å². The highest BCUT2D eigenvalue weighted by Crippen LogP contribution is 2.01. The summed E-state index contributed by atoms with van der Waals surface area (Å²) in [5.74, 6) is 0. The van der Waals surface area contributed by atoms with E-state index < -0.39 is 0 Å². The molecule has 0 aliphatic rings. The molecule has 0 atom stereocenters. The molecule has 0 aliphatic heterocycles. The molecule has 0 amide bonds. The molecule has 4 nitrogen and oxygen atoms in total. The van der Waals surface area contributed by atoms with E-state index in [9.17, 15) is 0 Å². The summed E-state index contributed by atoms with van der Waals surface area (Å²) in [6, 6.07) is 19.9. The lowest BCUT2D eigenvalue weighted by molar-refractivity contribution is 0.130. The Kier molecular flexibility index (Phi) is 7.28. The maximum absolute atomic E-state index is 5.20. The molecule has 0 fully saturated rings. The fraction of sp³-hybridized carbons (Fsp3) is 0.222. The summed E-state index contributed by atoms with van der Waals surface area (Å²) in [7, 11) is 0. The van der Waals surface area contributed by atoms with Gasteiger partial charge in [0.25, 0.3) is 0 Å². The lowest BCUT2D eigenvalue weighted by Gasteiger charge is -1.98. The Labute approximate surface area is 131 Å². The van der Waals surface area contributed by atoms with Crippen molar-refractivity contribution in [2.24, 2.45) is 10.3 Å². The van der Waals surface area contributed by atoms with E-state index >= 15 is 0 Å². The number of nitrogens with zero attached hydrogens (tertiary/aromatic N) is 2. The first-order valence-corrected chi connectivity index (χ1v) is 7.30. The molecule has 2 aromatic carbocycles. The number of hydrogen-bond donors (Lipinski definition) is 0. The number of oxime groups is 2. The molecule has 0 unspecified atom stereocenters. The van der Waals surface area contributed by atoms with Gasteiger partial charge in [0, 0.05) is 12.4 Å². The van der Waals surface area contributed by atoms with Crippen LogP contribution < -0.4 is 0 Å². The van der Waals surface area contributed by atoms with Crippen molar-refractivity contribution in [3.63, 3.8) is 0 Å². The van der Waals surface area contributed by atoms with Crippen molar-refractivity contribution >= 4 is 12.4 Å². The Bertz CT molecular complexity index is 515. The van der Waals surface area contributed by atoms with Crippen molar-refractivity contribution in [3.8, 4) is 0 Å². The Morgan fingerprint density at radius 3 is 1.45 bits per heavy atom. The van der Waals surface area contributed by atoms with Gasteiger partial charge in [-0.05, 0) is 24.0 Å². The maximum Gasteiger partial charge on any atom is 0.142 e. The molecular weight excluding hydrogens is 276 g/mol. The van der Waals surface area contributed by atoms with E-state index in [-0.39, 0.29) is 0 Å². The highest BCUT2D eigenvalue weighted by Gasteiger charge is 1.90. The third kappa shape index (κ3) is 6.70. The Balaban J connectivity index is 1.50. The van der Waals surface area contributed by atoms with E-state index in [1.807, 2.05) is 60.7 Å². The lowest BCUT2D eigenvalue weighted by atomic mass is 10.2. The summed E-state index contributed by atoms with van der Waals surface area (Å²) >= 11 is 0. The molecule has 0 N–H and O–H groups in total. The zero-order valence-electron chi connectivity index (χ0n) is 12.5. The summed E-state index contributed by atoms with van der Waals surface area (Å²) in [5.41, 5.74) is 2.21. The van der Waals surface area contributed by atoms with Gasteiger partial charge >= 0.3 is 0 Å². The molecule has 0 saturated heterocycles. The minimum Gasteiger partial charge on any atom is -0.391 e. The quantitative estimate of drug-likeness (QED) is 0.396. The van der Waals surface area contributed by atoms with Crippen LogP contribution in [0, 0.1) is 0 Å². The second-order valence-electron chi connectivity index (χ2n) is 4.67. The van der Waals surface area contributed by atoms with E-state index in [4.69, 9.17) is 9.68 Å². The normalized spacial score (nSPS) is 11.1. The van der Waals surface area contributed by atoms with Crippen LogP contribution in [0.4, 0.5) is 0 Å². The zero-order chi connectivity index (χ0) is 15.3. The summed E-state index contributed by atoms with van der Waals surface area (Å²) in [6.45, 7) is 0.983. The van der Waals surface area contributed by atoms with Gasteiger partial charge in [-0.3, -0.25) is 0 Å². The zero-order valence-corrected chi connectivity index (χ0v) is 12.5. The molecule has 0 spiro atoms. The largest absolute Gasteiger partial charge is 0.391 e. The highest BCUT2D eigenvalue weighted by molar-refractivity contribution is 5.65. The lowest BCUT2D eigenvalue weighted by Crippen LogP contribution is -1.88. The van der Waals surface area contributed by atoms with Crippen LogP contribution in [0.15, 0.2) is 71.0 Å². The molecule has 4 heteroatoms. The van der Waals surface area contributed by atoms with Gasteiger partial charge in [0.2, 0.25) is 0 Å². The molecule has 2 aromatic rings. The predicted molar refractivity (Wildman–Crippen MR) is 88.7 cm³/mol. The Hall–Kier alpha value is -2.62. The van der Waals surface area contributed by atoms with Gasteiger partial charge in [-0.2, -0.15) is 0 Å². The molecule has 2 rings (SSSR count). The Morgan fingerprint density at radius 1 is 0.636 bits per heavy atom. The van der Waals surface area contributed by atoms with E-state index in [1.54, 1.807) is 12.4 Å². The average molecular weight is 296 g/mol. The van der Waals surface area contributed by atoms with Crippen molar-refractivity contribution < 1.29 is 9.68 Å². The Morgan fingerprint density at radius 2 is 1.05 bits per heavy atom. The number of rotatable bonds is 9. The molecule has 0 radical (unpaired) electrons. The first kappa shape index (κ1) is 15.8. The summed E-state index contributed by atoms with van der Waals surface area (Å²) in [6.07, 6.45) is 5.03. The molecule has 0 bridgehead atoms. The molecular formula is C18H20N2O2. The molecule has 0 aliphatic carbocycles. The third-order valence-electron chi connectivity index (χ3n) is 2.87. The van der Waals surface area contributed by atoms with Gasteiger partial charge in [0.15, 0.2) is 0 Å². The van der Waals surface area contributed by atoms with Crippen LogP contribution in [0.1, 0.15) is 24.0 Å². The standard InChI is InChI=1S/C18H20N2O2/c1-3-9-17(10-4-1)15-21-19-13-7-8-14-20-22-16-18-11-5-2-6-12-18/h1-6,9-14H,7-8,15-16H2. The fourth-order valence-corrected chi connectivity index (χ4v) is 1.73. The molecule has 0 heterocycles. The monoisotopic (exact) mass is 296 g/mol. The van der Waals surface area contributed by atoms with Crippen molar-refractivity contribution in [2.45, 2.75) is 26.1 Å². The summed E-state index contributed by atoms with van der Waals surface area (Å²) < 4.78 is 0. The van der Waals surface area contributed by atoms with Gasteiger partial charge in [0.1, 0.15) is 13.2 Å². The number of benzene rings is 2. The fourth-order valence-electron chi connectivity index (χ4n) is 1.73. The highest BCUT2D eigenvalue weighted by atomic mass is 16.6. The second kappa shape index (κ2) is 10.2. The van der Waals surface area contributed by atoms with E-state index in [0.717, 1.165) is 24.0 Å². The SMILES string of the molecule is C(CCC=NOCc1ccccc1)=NOCc1ccccc1. The first-order chi connectivity index (χ1) is 10.9. The average Bonchev–Trinajstić information content (AvgIpc) is 2.58. The van der Waals surface area contributed by atoms with Gasteiger partial charge in [-0.1, -0.05) is 71.0 Å². The van der Waals surface area contributed by atoms with Gasteiger partial charge < -0.3 is 9.68 Å². The minimum atomic E-state index is 0.492. The van der Waals surface area contributed by atoms with Crippen LogP contribution in [-0.4, -0.2) is 12.4 Å². The van der Waals surface area contributed by atoms with Crippen LogP contribution in [-0.2, 0) is 22.9 Å². The maximum atomic E-state index is 5.20. The van der Waals surface area contributed by atoms with E-state index in [0.29, 0.717) is 13.2 Å². The van der Waals surface area contributed by atoms with Crippen molar-refractivity contribution in [2.75, 3.05) is 0 Å². The molecule has 22 heavy (non-hydrogen) atoms. The van der Waals surface area contributed by atoms with Crippen LogP contribution in [0.25, 0.3) is 0 Å². The van der Waals surface area contributed by atoms with Crippen LogP contribution in [0.5, 0.6) is 0 Å². The second-order valence-corrected chi connectivity index (χ2v) is 4.67. The van der Waals surface area contributed by atoms with Crippen LogP contribution in [0.2, 0.25) is 0 Å². The predicted octanol–water partition coefficient (Wildman–Crippen LogP) is 4.17. The molecule has 114 valence electrons. The summed E-state index contributed by atoms with van der Waals surface area (Å²) in [4.78, 5) is 10.4. The minimum absolute atomic E-state index is 0.492. The topological polar surface area (TPSA) is 43.2 Å². The van der Waals surface area contributed by atoms with E-state index in [2.05, 4.69) is 10.3 Å². The summed E-state index contributed by atoms with van der Waals surface area (Å²) in [5, 5.41) is 7.81. The van der Waals surface area contributed by atoms with Crippen molar-refractivity contribution in [3.05, 3.63) is 71.8 Å². The smallest absolute Gasteiger partial charge is 0.142 e. The molecule has 0 aromatic heterocycles. The van der Waals surface area contributed by atoms with Crippen LogP contribution in [0.3, 0.4) is 0 Å². The third-order valence-corrected chi connectivity index (χ3v) is 2.87.